The van der Waals surface area contributed by atoms with Gasteiger partial charge in [0.05, 0.1) is 5.56 Å². The summed E-state index contributed by atoms with van der Waals surface area (Å²) in [6.45, 7) is 1.92. The molecule has 0 aromatic heterocycles. The van der Waals surface area contributed by atoms with Crippen molar-refractivity contribution in [1.82, 2.24) is 5.32 Å². The number of hydrogen-bond acceptors (Lipinski definition) is 4. The maximum absolute atomic E-state index is 12.2. The maximum Gasteiger partial charge on any atom is 0.335 e. The van der Waals surface area contributed by atoms with E-state index in [0.717, 1.165) is 5.56 Å². The molecular formula is C19H17N3O3. The Morgan fingerprint density at radius 3 is 2.32 bits per heavy atom. The predicted octanol–water partition coefficient (Wildman–Crippen LogP) is 3.08. The zero-order valence-corrected chi connectivity index (χ0v) is 13.6. The summed E-state index contributed by atoms with van der Waals surface area (Å²) in [4.78, 5) is 23.0. The van der Waals surface area contributed by atoms with E-state index < -0.39 is 11.9 Å². The molecule has 0 radical (unpaired) electrons. The second-order valence-corrected chi connectivity index (χ2v) is 5.31. The molecule has 0 saturated heterocycles. The fourth-order valence-corrected chi connectivity index (χ4v) is 2.09. The van der Waals surface area contributed by atoms with Gasteiger partial charge in [0.25, 0.3) is 5.91 Å². The molecule has 6 nitrogen and oxygen atoms in total. The highest BCUT2D eigenvalue weighted by molar-refractivity contribution is 6.06. The standard InChI is InChI=1S/C19H17N3O3/c1-13(14-5-3-2-4-6-14)21-12-16(11-20)18(23)22-17-9-7-15(8-10-17)19(24)25/h2-10,12-13,21H,1H3,(H,22,23)(H,24,25)/b16-12-. The molecule has 1 amide bonds. The Morgan fingerprint density at radius 1 is 1.12 bits per heavy atom. The molecule has 0 fully saturated rings. The van der Waals surface area contributed by atoms with E-state index in [4.69, 9.17) is 5.11 Å². The largest absolute Gasteiger partial charge is 0.478 e. The number of carboxylic acids is 1. The van der Waals surface area contributed by atoms with Crippen LogP contribution in [0.1, 0.15) is 28.9 Å². The van der Waals surface area contributed by atoms with Crippen molar-refractivity contribution < 1.29 is 14.7 Å². The normalized spacial score (nSPS) is 11.9. The molecule has 1 unspecified atom stereocenters. The van der Waals surface area contributed by atoms with Gasteiger partial charge in [0.1, 0.15) is 11.6 Å². The van der Waals surface area contributed by atoms with Crippen molar-refractivity contribution in [1.29, 1.82) is 5.26 Å². The zero-order chi connectivity index (χ0) is 18.2. The second kappa shape index (κ2) is 8.31. The number of nitriles is 1. The number of nitrogens with zero attached hydrogens (tertiary/aromatic N) is 1. The van der Waals surface area contributed by atoms with Gasteiger partial charge in [0.15, 0.2) is 0 Å². The Labute approximate surface area is 145 Å². The summed E-state index contributed by atoms with van der Waals surface area (Å²) in [7, 11) is 0. The Bertz CT molecular complexity index is 821. The Kier molecular flexibility index (Phi) is 5.91. The zero-order valence-electron chi connectivity index (χ0n) is 13.6. The van der Waals surface area contributed by atoms with Crippen molar-refractivity contribution >= 4 is 17.6 Å². The van der Waals surface area contributed by atoms with E-state index in [2.05, 4.69) is 10.6 Å². The number of amides is 1. The first kappa shape index (κ1) is 17.8. The average molecular weight is 335 g/mol. The summed E-state index contributed by atoms with van der Waals surface area (Å²) in [5.41, 5.74) is 1.48. The van der Waals surface area contributed by atoms with Gasteiger partial charge in [-0.25, -0.2) is 4.79 Å². The number of nitrogens with one attached hydrogen (secondary N) is 2. The third-order valence-electron chi connectivity index (χ3n) is 3.53. The molecule has 25 heavy (non-hydrogen) atoms. The summed E-state index contributed by atoms with van der Waals surface area (Å²) >= 11 is 0. The van der Waals surface area contributed by atoms with Crippen molar-refractivity contribution in [3.05, 3.63) is 77.5 Å². The van der Waals surface area contributed by atoms with Crippen LogP contribution in [0.4, 0.5) is 5.69 Å². The van der Waals surface area contributed by atoms with Crippen LogP contribution in [0.5, 0.6) is 0 Å². The van der Waals surface area contributed by atoms with Crippen molar-refractivity contribution in [3.63, 3.8) is 0 Å². The molecule has 3 N–H and O–H groups in total. The van der Waals surface area contributed by atoms with E-state index in [-0.39, 0.29) is 17.2 Å². The number of rotatable bonds is 6. The summed E-state index contributed by atoms with van der Waals surface area (Å²) in [6.07, 6.45) is 1.37. The van der Waals surface area contributed by atoms with Crippen LogP contribution < -0.4 is 10.6 Å². The molecule has 0 spiro atoms. The van der Waals surface area contributed by atoms with Gasteiger partial charge in [-0.15, -0.1) is 0 Å². The van der Waals surface area contributed by atoms with Crippen molar-refractivity contribution in [2.24, 2.45) is 0 Å². The van der Waals surface area contributed by atoms with Crippen LogP contribution in [0.25, 0.3) is 0 Å². The topological polar surface area (TPSA) is 102 Å². The molecule has 0 heterocycles. The van der Waals surface area contributed by atoms with Crippen molar-refractivity contribution in [2.45, 2.75) is 13.0 Å². The molecule has 0 aliphatic rings. The van der Waals surface area contributed by atoms with Crippen molar-refractivity contribution in [2.75, 3.05) is 5.32 Å². The van der Waals surface area contributed by atoms with Gasteiger partial charge in [-0.05, 0) is 36.8 Å². The minimum Gasteiger partial charge on any atom is -0.478 e. The van der Waals surface area contributed by atoms with Crippen LogP contribution in [-0.2, 0) is 4.79 Å². The number of carbonyl (C=O) groups is 2. The molecule has 126 valence electrons. The smallest absolute Gasteiger partial charge is 0.335 e. The van der Waals surface area contributed by atoms with Crippen LogP contribution in [0, 0.1) is 11.3 Å². The number of carbonyl (C=O) groups excluding carboxylic acids is 1. The van der Waals surface area contributed by atoms with Crippen molar-refractivity contribution in [3.8, 4) is 6.07 Å². The highest BCUT2D eigenvalue weighted by atomic mass is 16.4. The third kappa shape index (κ3) is 4.94. The highest BCUT2D eigenvalue weighted by Gasteiger charge is 2.11. The number of aromatic carboxylic acids is 1. The summed E-state index contributed by atoms with van der Waals surface area (Å²) < 4.78 is 0. The fourth-order valence-electron chi connectivity index (χ4n) is 2.09. The van der Waals surface area contributed by atoms with E-state index in [0.29, 0.717) is 5.69 Å². The number of anilines is 1. The number of benzene rings is 2. The van der Waals surface area contributed by atoms with E-state index in [1.54, 1.807) is 0 Å². The Balaban J connectivity index is 2.02. The van der Waals surface area contributed by atoms with Gasteiger partial charge >= 0.3 is 5.97 Å². The first-order chi connectivity index (χ1) is 12.0. The lowest BCUT2D eigenvalue weighted by atomic mass is 10.1. The summed E-state index contributed by atoms with van der Waals surface area (Å²) in [5.74, 6) is -1.62. The molecular weight excluding hydrogens is 318 g/mol. The maximum atomic E-state index is 12.2. The van der Waals surface area contributed by atoms with Gasteiger partial charge in [-0.1, -0.05) is 30.3 Å². The highest BCUT2D eigenvalue weighted by Crippen LogP contribution is 2.13. The molecule has 6 heteroatoms. The first-order valence-corrected chi connectivity index (χ1v) is 7.57. The van der Waals surface area contributed by atoms with E-state index >= 15 is 0 Å². The van der Waals surface area contributed by atoms with Gasteiger partial charge in [0.2, 0.25) is 0 Å². The first-order valence-electron chi connectivity index (χ1n) is 7.57. The lowest BCUT2D eigenvalue weighted by Crippen LogP contribution is -2.18. The molecule has 2 rings (SSSR count). The fraction of sp³-hybridized carbons (Fsp3) is 0.105. The minimum atomic E-state index is -1.05. The third-order valence-corrected chi connectivity index (χ3v) is 3.53. The van der Waals surface area contributed by atoms with Gasteiger partial charge in [-0.2, -0.15) is 5.26 Å². The Hall–Kier alpha value is -3.59. The molecule has 0 aliphatic heterocycles. The summed E-state index contributed by atoms with van der Waals surface area (Å²) in [5, 5.41) is 23.6. The minimum absolute atomic E-state index is 0.0628. The van der Waals surface area contributed by atoms with Crippen LogP contribution in [0.3, 0.4) is 0 Å². The molecule has 0 saturated carbocycles. The number of hydrogen-bond donors (Lipinski definition) is 3. The molecule has 1 atom stereocenters. The van der Waals surface area contributed by atoms with Gasteiger partial charge in [-0.3, -0.25) is 4.79 Å². The molecule has 2 aromatic carbocycles. The van der Waals surface area contributed by atoms with Gasteiger partial charge < -0.3 is 15.7 Å². The summed E-state index contributed by atoms with van der Waals surface area (Å²) in [6, 6.07) is 17.1. The average Bonchev–Trinajstić information content (AvgIpc) is 2.63. The van der Waals surface area contributed by atoms with Crippen LogP contribution in [0.2, 0.25) is 0 Å². The Morgan fingerprint density at radius 2 is 1.76 bits per heavy atom. The SMILES string of the molecule is CC(N/C=C(/C#N)C(=O)Nc1ccc(C(=O)O)cc1)c1ccccc1. The quantitative estimate of drug-likeness (QED) is 0.556. The monoisotopic (exact) mass is 335 g/mol. The second-order valence-electron chi connectivity index (χ2n) is 5.31. The van der Waals surface area contributed by atoms with Gasteiger partial charge in [0, 0.05) is 17.9 Å². The van der Waals surface area contributed by atoms with E-state index in [9.17, 15) is 14.9 Å². The molecule has 0 aliphatic carbocycles. The van der Waals surface area contributed by atoms with E-state index in [1.165, 1.54) is 30.5 Å². The predicted molar refractivity (Wildman–Crippen MR) is 93.7 cm³/mol. The van der Waals surface area contributed by atoms with Crippen LogP contribution in [-0.4, -0.2) is 17.0 Å². The lowest BCUT2D eigenvalue weighted by Gasteiger charge is -2.12. The molecule has 0 bridgehead atoms. The molecule has 2 aromatic rings. The van der Waals surface area contributed by atoms with Crippen LogP contribution in [0.15, 0.2) is 66.4 Å². The lowest BCUT2D eigenvalue weighted by molar-refractivity contribution is -0.112. The van der Waals surface area contributed by atoms with E-state index in [1.807, 2.05) is 43.3 Å². The number of carboxylic acid groups (broad SMARTS) is 1. The van der Waals surface area contributed by atoms with Crippen LogP contribution >= 0.6 is 0 Å².